The maximum absolute atomic E-state index is 13.0. The molecule has 0 atom stereocenters. The van der Waals surface area contributed by atoms with Gasteiger partial charge in [-0.1, -0.05) is 24.3 Å². The number of ether oxygens (including phenoxy) is 1. The average Bonchev–Trinajstić information content (AvgIpc) is 3.28. The smallest absolute Gasteiger partial charge is 0.253 e. The highest BCUT2D eigenvalue weighted by Gasteiger charge is 2.24. The van der Waals surface area contributed by atoms with Crippen molar-refractivity contribution in [3.05, 3.63) is 65.7 Å². The van der Waals surface area contributed by atoms with Crippen molar-refractivity contribution in [1.29, 1.82) is 0 Å². The Kier molecular flexibility index (Phi) is 5.07. The molecule has 1 saturated heterocycles. The van der Waals surface area contributed by atoms with Gasteiger partial charge in [-0.05, 0) is 24.3 Å². The highest BCUT2D eigenvalue weighted by molar-refractivity contribution is 7.13. The predicted octanol–water partition coefficient (Wildman–Crippen LogP) is 3.78. The number of anilines is 1. The minimum Gasteiger partial charge on any atom is -0.495 e. The molecule has 0 saturated carbocycles. The fourth-order valence-corrected chi connectivity index (χ4v) is 4.01. The Morgan fingerprint density at radius 3 is 2.63 bits per heavy atom. The number of methoxy groups -OCH3 is 1. The first kappa shape index (κ1) is 17.5. The number of carbonyl (C=O) groups is 1. The van der Waals surface area contributed by atoms with Crippen molar-refractivity contribution < 1.29 is 9.53 Å². The Morgan fingerprint density at radius 1 is 1.07 bits per heavy atom. The molecule has 2 heterocycles. The second kappa shape index (κ2) is 7.80. The molecule has 1 aliphatic heterocycles. The van der Waals surface area contributed by atoms with Crippen LogP contribution in [0, 0.1) is 0 Å². The van der Waals surface area contributed by atoms with Crippen molar-refractivity contribution in [2.75, 3.05) is 38.2 Å². The molecule has 4 rings (SSSR count). The van der Waals surface area contributed by atoms with E-state index in [9.17, 15) is 4.79 Å². The molecule has 0 aliphatic carbocycles. The molecule has 138 valence electrons. The fourth-order valence-electron chi connectivity index (χ4n) is 3.38. The monoisotopic (exact) mass is 379 g/mol. The van der Waals surface area contributed by atoms with Crippen LogP contribution in [0.3, 0.4) is 0 Å². The van der Waals surface area contributed by atoms with Crippen molar-refractivity contribution >= 4 is 22.9 Å². The molecule has 0 unspecified atom stereocenters. The first-order chi connectivity index (χ1) is 13.3. The lowest BCUT2D eigenvalue weighted by atomic mass is 10.1. The van der Waals surface area contributed by atoms with E-state index in [-0.39, 0.29) is 5.91 Å². The standard InChI is InChI=1S/C21H21N3O2S/c1-26-19-8-3-2-7-18(19)23-10-12-24(13-11-23)21(25)17-6-4-5-16(15-17)20-22-9-14-27-20/h2-9,14-15H,10-13H2,1H3. The molecular weight excluding hydrogens is 358 g/mol. The van der Waals surface area contributed by atoms with E-state index in [1.807, 2.05) is 52.7 Å². The molecular formula is C21H21N3O2S. The lowest BCUT2D eigenvalue weighted by Gasteiger charge is -2.36. The Hall–Kier alpha value is -2.86. The van der Waals surface area contributed by atoms with Gasteiger partial charge in [0, 0.05) is 48.9 Å². The quantitative estimate of drug-likeness (QED) is 0.692. The number of hydrogen-bond acceptors (Lipinski definition) is 5. The molecule has 2 aromatic carbocycles. The Labute approximate surface area is 162 Å². The third-order valence-electron chi connectivity index (χ3n) is 4.78. The van der Waals surface area contributed by atoms with E-state index >= 15 is 0 Å². The summed E-state index contributed by atoms with van der Waals surface area (Å²) in [4.78, 5) is 21.5. The molecule has 0 spiro atoms. The normalized spacial score (nSPS) is 14.3. The number of rotatable bonds is 4. The van der Waals surface area contributed by atoms with Crippen LogP contribution in [-0.2, 0) is 0 Å². The molecule has 1 fully saturated rings. The lowest BCUT2D eigenvalue weighted by molar-refractivity contribution is 0.0746. The zero-order chi connectivity index (χ0) is 18.6. The summed E-state index contributed by atoms with van der Waals surface area (Å²) < 4.78 is 5.46. The summed E-state index contributed by atoms with van der Waals surface area (Å²) in [6.45, 7) is 2.97. The maximum Gasteiger partial charge on any atom is 0.253 e. The first-order valence-corrected chi connectivity index (χ1v) is 9.81. The number of piperazine rings is 1. The average molecular weight is 379 g/mol. The number of hydrogen-bond donors (Lipinski definition) is 0. The molecule has 0 N–H and O–H groups in total. The van der Waals surface area contributed by atoms with Crippen LogP contribution >= 0.6 is 11.3 Å². The zero-order valence-corrected chi connectivity index (χ0v) is 16.0. The van der Waals surface area contributed by atoms with Gasteiger partial charge in [-0.3, -0.25) is 4.79 Å². The predicted molar refractivity (Wildman–Crippen MR) is 109 cm³/mol. The van der Waals surface area contributed by atoms with Gasteiger partial charge in [0.15, 0.2) is 0 Å². The van der Waals surface area contributed by atoms with Crippen molar-refractivity contribution in [3.8, 4) is 16.3 Å². The van der Waals surface area contributed by atoms with Crippen LogP contribution in [0.25, 0.3) is 10.6 Å². The van der Waals surface area contributed by atoms with Crippen LogP contribution in [0.2, 0.25) is 0 Å². The van der Waals surface area contributed by atoms with Gasteiger partial charge in [0.2, 0.25) is 0 Å². The number of carbonyl (C=O) groups excluding carboxylic acids is 1. The summed E-state index contributed by atoms with van der Waals surface area (Å²) in [5.41, 5.74) is 2.79. The summed E-state index contributed by atoms with van der Waals surface area (Å²) in [6, 6.07) is 15.8. The van der Waals surface area contributed by atoms with Crippen molar-refractivity contribution in [1.82, 2.24) is 9.88 Å². The van der Waals surface area contributed by atoms with Gasteiger partial charge in [0.1, 0.15) is 10.8 Å². The SMILES string of the molecule is COc1ccccc1N1CCN(C(=O)c2cccc(-c3nccs3)c2)CC1. The number of amides is 1. The van der Waals surface area contributed by atoms with Gasteiger partial charge in [0.25, 0.3) is 5.91 Å². The number of para-hydroxylation sites is 2. The first-order valence-electron chi connectivity index (χ1n) is 8.93. The van der Waals surface area contributed by atoms with Crippen LogP contribution in [0.5, 0.6) is 5.75 Å². The van der Waals surface area contributed by atoms with Crippen LogP contribution in [0.15, 0.2) is 60.1 Å². The van der Waals surface area contributed by atoms with E-state index in [0.717, 1.165) is 35.1 Å². The summed E-state index contributed by atoms with van der Waals surface area (Å²) in [7, 11) is 1.69. The minimum absolute atomic E-state index is 0.0769. The van der Waals surface area contributed by atoms with Crippen LogP contribution < -0.4 is 9.64 Å². The van der Waals surface area contributed by atoms with Crippen molar-refractivity contribution in [3.63, 3.8) is 0 Å². The molecule has 0 bridgehead atoms. The van der Waals surface area contributed by atoms with Crippen LogP contribution in [-0.4, -0.2) is 49.1 Å². The number of thiazole rings is 1. The molecule has 27 heavy (non-hydrogen) atoms. The highest BCUT2D eigenvalue weighted by atomic mass is 32.1. The van der Waals surface area contributed by atoms with E-state index in [1.165, 1.54) is 0 Å². The van der Waals surface area contributed by atoms with E-state index in [0.29, 0.717) is 18.7 Å². The van der Waals surface area contributed by atoms with Gasteiger partial charge in [-0.25, -0.2) is 4.98 Å². The van der Waals surface area contributed by atoms with E-state index < -0.39 is 0 Å². The summed E-state index contributed by atoms with van der Waals surface area (Å²) >= 11 is 1.58. The molecule has 3 aromatic rings. The molecule has 1 amide bonds. The fraction of sp³-hybridized carbons (Fsp3) is 0.238. The van der Waals surface area contributed by atoms with Crippen molar-refractivity contribution in [2.24, 2.45) is 0 Å². The topological polar surface area (TPSA) is 45.7 Å². The Balaban J connectivity index is 1.45. The summed E-state index contributed by atoms with van der Waals surface area (Å²) in [6.07, 6.45) is 1.78. The molecule has 1 aromatic heterocycles. The third-order valence-corrected chi connectivity index (χ3v) is 5.60. The molecule has 0 radical (unpaired) electrons. The van der Waals surface area contributed by atoms with Gasteiger partial charge >= 0.3 is 0 Å². The number of nitrogens with zero attached hydrogens (tertiary/aromatic N) is 3. The third kappa shape index (κ3) is 3.66. The molecule has 1 aliphatic rings. The van der Waals surface area contributed by atoms with Gasteiger partial charge in [-0.15, -0.1) is 11.3 Å². The number of aromatic nitrogens is 1. The van der Waals surface area contributed by atoms with Crippen LogP contribution in [0.4, 0.5) is 5.69 Å². The van der Waals surface area contributed by atoms with E-state index in [2.05, 4.69) is 16.0 Å². The maximum atomic E-state index is 13.0. The lowest BCUT2D eigenvalue weighted by Crippen LogP contribution is -2.48. The number of benzene rings is 2. The minimum atomic E-state index is 0.0769. The second-order valence-electron chi connectivity index (χ2n) is 6.37. The van der Waals surface area contributed by atoms with Gasteiger partial charge in [-0.2, -0.15) is 0 Å². The van der Waals surface area contributed by atoms with Gasteiger partial charge < -0.3 is 14.5 Å². The highest BCUT2D eigenvalue weighted by Crippen LogP contribution is 2.29. The van der Waals surface area contributed by atoms with E-state index in [4.69, 9.17) is 4.74 Å². The Morgan fingerprint density at radius 2 is 1.89 bits per heavy atom. The van der Waals surface area contributed by atoms with E-state index in [1.54, 1.807) is 24.6 Å². The Bertz CT molecular complexity index is 919. The molecule has 5 nitrogen and oxygen atoms in total. The van der Waals surface area contributed by atoms with Crippen molar-refractivity contribution in [2.45, 2.75) is 0 Å². The summed E-state index contributed by atoms with van der Waals surface area (Å²) in [5, 5.41) is 2.88. The largest absolute Gasteiger partial charge is 0.495 e. The zero-order valence-electron chi connectivity index (χ0n) is 15.2. The van der Waals surface area contributed by atoms with Crippen LogP contribution in [0.1, 0.15) is 10.4 Å². The van der Waals surface area contributed by atoms with Gasteiger partial charge in [0.05, 0.1) is 12.8 Å². The second-order valence-corrected chi connectivity index (χ2v) is 7.26. The summed E-state index contributed by atoms with van der Waals surface area (Å²) in [5.74, 6) is 0.946. The molecule has 6 heteroatoms.